The molecular weight excluding hydrogens is 348 g/mol. The third kappa shape index (κ3) is 3.01. The summed E-state index contributed by atoms with van der Waals surface area (Å²) in [5.41, 5.74) is 2.39. The standard InChI is InChI=1S/C19H22N4O2S/c1-3-22-10-4-5-14(22)11-23-12-20-17-16(21-26-18(17)19(23)24)13-6-8-15(25-2)9-7-13/h6-9,12,14H,3-5,10-11H2,1-2H3/t14-/m0/s1. The van der Waals surface area contributed by atoms with Crippen molar-refractivity contribution >= 4 is 21.7 Å². The molecule has 1 aliphatic heterocycles. The van der Waals surface area contributed by atoms with E-state index in [-0.39, 0.29) is 5.56 Å². The average Bonchev–Trinajstić information content (AvgIpc) is 3.31. The molecule has 2 aromatic heterocycles. The maximum Gasteiger partial charge on any atom is 0.272 e. The first-order valence-corrected chi connectivity index (χ1v) is 9.72. The smallest absolute Gasteiger partial charge is 0.272 e. The first-order chi connectivity index (χ1) is 12.7. The molecule has 0 bridgehead atoms. The van der Waals surface area contributed by atoms with E-state index >= 15 is 0 Å². The Kier molecular flexibility index (Phi) is 4.74. The topological polar surface area (TPSA) is 60.3 Å². The Balaban J connectivity index is 1.67. The van der Waals surface area contributed by atoms with Crippen molar-refractivity contribution < 1.29 is 4.74 Å². The summed E-state index contributed by atoms with van der Waals surface area (Å²) in [7, 11) is 1.64. The number of benzene rings is 1. The SMILES string of the molecule is CCN1CCC[C@H]1Cn1cnc2c(-c3ccc(OC)cc3)nsc2c1=O. The second kappa shape index (κ2) is 7.17. The van der Waals surface area contributed by atoms with Gasteiger partial charge >= 0.3 is 0 Å². The molecule has 0 unspecified atom stereocenters. The number of fused-ring (bicyclic) bond motifs is 1. The van der Waals surface area contributed by atoms with Crippen molar-refractivity contribution in [3.05, 3.63) is 40.9 Å². The molecular formula is C19H22N4O2S. The molecule has 0 spiro atoms. The lowest BCUT2D eigenvalue weighted by Gasteiger charge is -2.23. The number of rotatable bonds is 5. The van der Waals surface area contributed by atoms with Crippen LogP contribution in [0.3, 0.4) is 0 Å². The van der Waals surface area contributed by atoms with E-state index in [4.69, 9.17) is 4.74 Å². The van der Waals surface area contributed by atoms with Gasteiger partial charge in [-0.2, -0.15) is 4.37 Å². The van der Waals surface area contributed by atoms with E-state index < -0.39 is 0 Å². The van der Waals surface area contributed by atoms with E-state index in [0.717, 1.165) is 36.5 Å². The van der Waals surface area contributed by atoms with Crippen LogP contribution in [0, 0.1) is 0 Å². The maximum atomic E-state index is 12.9. The zero-order valence-corrected chi connectivity index (χ0v) is 15.8. The molecule has 136 valence electrons. The monoisotopic (exact) mass is 370 g/mol. The lowest BCUT2D eigenvalue weighted by Crippen LogP contribution is -2.35. The number of methoxy groups -OCH3 is 1. The van der Waals surface area contributed by atoms with Gasteiger partial charge in [-0.15, -0.1) is 0 Å². The summed E-state index contributed by atoms with van der Waals surface area (Å²) in [6, 6.07) is 8.09. The zero-order valence-electron chi connectivity index (χ0n) is 15.0. The Morgan fingerprint density at radius 2 is 2.12 bits per heavy atom. The summed E-state index contributed by atoms with van der Waals surface area (Å²) >= 11 is 1.23. The number of likely N-dealkylation sites (N-methyl/N-ethyl adjacent to an activating group) is 1. The van der Waals surface area contributed by atoms with Crippen LogP contribution in [0.2, 0.25) is 0 Å². The van der Waals surface area contributed by atoms with E-state index in [1.54, 1.807) is 18.0 Å². The Bertz CT molecular complexity index is 964. The van der Waals surface area contributed by atoms with Gasteiger partial charge in [-0.05, 0) is 61.7 Å². The molecule has 26 heavy (non-hydrogen) atoms. The predicted molar refractivity (Wildman–Crippen MR) is 104 cm³/mol. The van der Waals surface area contributed by atoms with Crippen molar-refractivity contribution in [2.24, 2.45) is 0 Å². The summed E-state index contributed by atoms with van der Waals surface area (Å²) in [5, 5.41) is 0. The van der Waals surface area contributed by atoms with E-state index in [2.05, 4.69) is 21.2 Å². The fourth-order valence-corrected chi connectivity index (χ4v) is 4.47. The number of likely N-dealkylation sites (tertiary alicyclic amines) is 1. The molecule has 7 heteroatoms. The molecule has 0 amide bonds. The minimum atomic E-state index is 0.00946. The van der Waals surface area contributed by atoms with Crippen LogP contribution < -0.4 is 10.3 Å². The summed E-state index contributed by atoms with van der Waals surface area (Å²) in [4.78, 5) is 19.9. The zero-order chi connectivity index (χ0) is 18.1. The molecule has 3 heterocycles. The molecule has 1 fully saturated rings. The largest absolute Gasteiger partial charge is 0.497 e. The molecule has 0 N–H and O–H groups in total. The highest BCUT2D eigenvalue weighted by Gasteiger charge is 2.24. The fraction of sp³-hybridized carbons (Fsp3) is 0.421. The molecule has 6 nitrogen and oxygen atoms in total. The van der Waals surface area contributed by atoms with Gasteiger partial charge in [-0.25, -0.2) is 4.98 Å². The highest BCUT2D eigenvalue weighted by molar-refractivity contribution is 7.13. The van der Waals surface area contributed by atoms with Crippen molar-refractivity contribution in [2.45, 2.75) is 32.4 Å². The molecule has 3 aromatic rings. The van der Waals surface area contributed by atoms with Crippen LogP contribution in [0.15, 0.2) is 35.4 Å². The maximum absolute atomic E-state index is 12.9. The lowest BCUT2D eigenvalue weighted by molar-refractivity contribution is 0.242. The van der Waals surface area contributed by atoms with Gasteiger partial charge in [0.15, 0.2) is 0 Å². The first-order valence-electron chi connectivity index (χ1n) is 8.94. The fourth-order valence-electron chi connectivity index (χ4n) is 3.67. The van der Waals surface area contributed by atoms with Crippen molar-refractivity contribution in [2.75, 3.05) is 20.2 Å². The van der Waals surface area contributed by atoms with Gasteiger partial charge in [0.2, 0.25) is 0 Å². The van der Waals surface area contributed by atoms with E-state index in [1.807, 2.05) is 24.3 Å². The molecule has 1 aliphatic rings. The van der Waals surface area contributed by atoms with E-state index in [9.17, 15) is 4.79 Å². The molecule has 1 atom stereocenters. The molecule has 0 saturated carbocycles. The summed E-state index contributed by atoms with van der Waals surface area (Å²) in [6.07, 6.45) is 4.02. The molecule has 1 aromatic carbocycles. The van der Waals surface area contributed by atoms with Gasteiger partial charge in [-0.3, -0.25) is 14.3 Å². The van der Waals surface area contributed by atoms with Gasteiger partial charge in [0.05, 0.1) is 13.4 Å². The van der Waals surface area contributed by atoms with Crippen LogP contribution in [-0.4, -0.2) is 45.1 Å². The van der Waals surface area contributed by atoms with Crippen LogP contribution in [0.5, 0.6) is 5.75 Å². The van der Waals surface area contributed by atoms with Crippen LogP contribution in [0.25, 0.3) is 21.5 Å². The Morgan fingerprint density at radius 3 is 2.85 bits per heavy atom. The van der Waals surface area contributed by atoms with Gasteiger partial charge in [0.1, 0.15) is 21.7 Å². The number of hydrogen-bond donors (Lipinski definition) is 0. The Morgan fingerprint density at radius 1 is 1.31 bits per heavy atom. The number of nitrogens with zero attached hydrogens (tertiary/aromatic N) is 4. The van der Waals surface area contributed by atoms with E-state index in [0.29, 0.717) is 22.8 Å². The van der Waals surface area contributed by atoms with Gasteiger partial charge in [-0.1, -0.05) is 6.92 Å². The highest BCUT2D eigenvalue weighted by Crippen LogP contribution is 2.28. The van der Waals surface area contributed by atoms with Crippen molar-refractivity contribution in [1.29, 1.82) is 0 Å². The quantitative estimate of drug-likeness (QED) is 0.691. The molecule has 0 aliphatic carbocycles. The summed E-state index contributed by atoms with van der Waals surface area (Å²) in [6.45, 7) is 5.02. The number of aromatic nitrogens is 3. The molecule has 0 radical (unpaired) electrons. The third-order valence-electron chi connectivity index (χ3n) is 5.13. The molecule has 1 saturated heterocycles. The van der Waals surface area contributed by atoms with Gasteiger partial charge in [0, 0.05) is 18.2 Å². The second-order valence-electron chi connectivity index (χ2n) is 6.56. The molecule has 4 rings (SSSR count). The average molecular weight is 370 g/mol. The Hall–Kier alpha value is -2.25. The van der Waals surface area contributed by atoms with Crippen molar-refractivity contribution in [3.63, 3.8) is 0 Å². The minimum absolute atomic E-state index is 0.00946. The normalized spacial score (nSPS) is 17.8. The summed E-state index contributed by atoms with van der Waals surface area (Å²) in [5.74, 6) is 0.792. The summed E-state index contributed by atoms with van der Waals surface area (Å²) < 4.78 is 12.1. The first kappa shape index (κ1) is 17.2. The highest BCUT2D eigenvalue weighted by atomic mass is 32.1. The van der Waals surface area contributed by atoms with Gasteiger partial charge < -0.3 is 4.74 Å². The van der Waals surface area contributed by atoms with Crippen LogP contribution in [-0.2, 0) is 6.54 Å². The second-order valence-corrected chi connectivity index (χ2v) is 7.34. The van der Waals surface area contributed by atoms with Gasteiger partial charge in [0.25, 0.3) is 5.56 Å². The number of ether oxygens (including phenoxy) is 1. The number of hydrogen-bond acceptors (Lipinski definition) is 6. The van der Waals surface area contributed by atoms with Crippen LogP contribution >= 0.6 is 11.5 Å². The van der Waals surface area contributed by atoms with Crippen LogP contribution in [0.1, 0.15) is 19.8 Å². The third-order valence-corrected chi connectivity index (χ3v) is 5.95. The predicted octanol–water partition coefficient (Wildman–Crippen LogP) is 3.01. The Labute approximate surface area is 156 Å². The van der Waals surface area contributed by atoms with Crippen molar-refractivity contribution in [3.8, 4) is 17.0 Å². The van der Waals surface area contributed by atoms with E-state index in [1.165, 1.54) is 18.0 Å². The lowest BCUT2D eigenvalue weighted by atomic mass is 10.1. The van der Waals surface area contributed by atoms with Crippen LogP contribution in [0.4, 0.5) is 0 Å². The van der Waals surface area contributed by atoms with Crippen molar-refractivity contribution in [1.82, 2.24) is 18.8 Å². The minimum Gasteiger partial charge on any atom is -0.497 e.